The first kappa shape index (κ1) is 9.21. The number of carbonyl (C=O) groups excluding carboxylic acids is 1. The maximum Gasteiger partial charge on any atom is 0.337 e. The number of methoxy groups -OCH3 is 1. The Hall–Kier alpha value is -1.35. The average Bonchev–Trinajstić information content (AvgIpc) is 2.59. The standard InChI is InChI=1S/C11H10O2S/c1-7-6-14-10-4-3-8(5-9(7)10)11(12)13-2/h3-6H,1-2H3. The Bertz CT molecular complexity index is 485. The van der Waals surface area contributed by atoms with Crippen LogP contribution in [0.1, 0.15) is 15.9 Å². The van der Waals surface area contributed by atoms with Crippen LogP contribution >= 0.6 is 11.3 Å². The fourth-order valence-electron chi connectivity index (χ4n) is 1.40. The molecule has 3 heteroatoms. The number of aryl methyl sites for hydroxylation is 1. The summed E-state index contributed by atoms with van der Waals surface area (Å²) >= 11 is 1.69. The van der Waals surface area contributed by atoms with Crippen LogP contribution in [0.3, 0.4) is 0 Å². The Labute approximate surface area is 86.1 Å². The molecule has 0 saturated carbocycles. The first-order chi connectivity index (χ1) is 6.72. The molecule has 1 heterocycles. The molecule has 0 aliphatic rings. The van der Waals surface area contributed by atoms with Crippen LogP contribution in [-0.4, -0.2) is 13.1 Å². The minimum atomic E-state index is -0.280. The van der Waals surface area contributed by atoms with Gasteiger partial charge in [0.05, 0.1) is 12.7 Å². The fourth-order valence-corrected chi connectivity index (χ4v) is 2.33. The van der Waals surface area contributed by atoms with E-state index in [0.717, 1.165) is 5.39 Å². The van der Waals surface area contributed by atoms with Gasteiger partial charge in [-0.3, -0.25) is 0 Å². The lowest BCUT2D eigenvalue weighted by molar-refractivity contribution is 0.0601. The summed E-state index contributed by atoms with van der Waals surface area (Å²) in [5.74, 6) is -0.280. The molecular formula is C11H10O2S. The van der Waals surface area contributed by atoms with Crippen molar-refractivity contribution in [1.29, 1.82) is 0 Å². The normalized spacial score (nSPS) is 10.4. The molecule has 14 heavy (non-hydrogen) atoms. The van der Waals surface area contributed by atoms with E-state index in [4.69, 9.17) is 0 Å². The van der Waals surface area contributed by atoms with Crippen LogP contribution in [-0.2, 0) is 4.74 Å². The average molecular weight is 206 g/mol. The number of esters is 1. The van der Waals surface area contributed by atoms with Gasteiger partial charge in [0.1, 0.15) is 0 Å². The maximum absolute atomic E-state index is 11.3. The van der Waals surface area contributed by atoms with Gasteiger partial charge in [-0.2, -0.15) is 0 Å². The van der Waals surface area contributed by atoms with Crippen LogP contribution in [0.25, 0.3) is 10.1 Å². The zero-order chi connectivity index (χ0) is 10.1. The minimum Gasteiger partial charge on any atom is -0.465 e. The van der Waals surface area contributed by atoms with Crippen molar-refractivity contribution in [2.45, 2.75) is 6.92 Å². The number of carbonyl (C=O) groups is 1. The van der Waals surface area contributed by atoms with Gasteiger partial charge in [0.15, 0.2) is 0 Å². The van der Waals surface area contributed by atoms with E-state index in [0.29, 0.717) is 5.56 Å². The van der Waals surface area contributed by atoms with Gasteiger partial charge >= 0.3 is 5.97 Å². The summed E-state index contributed by atoms with van der Waals surface area (Å²) in [6.07, 6.45) is 0. The van der Waals surface area contributed by atoms with E-state index in [1.165, 1.54) is 17.4 Å². The van der Waals surface area contributed by atoms with Crippen molar-refractivity contribution in [3.05, 3.63) is 34.7 Å². The maximum atomic E-state index is 11.3. The minimum absolute atomic E-state index is 0.280. The molecule has 1 aromatic heterocycles. The molecule has 0 fully saturated rings. The molecule has 2 rings (SSSR count). The lowest BCUT2D eigenvalue weighted by Crippen LogP contribution is -2.00. The zero-order valence-corrected chi connectivity index (χ0v) is 8.85. The largest absolute Gasteiger partial charge is 0.465 e. The number of benzene rings is 1. The van der Waals surface area contributed by atoms with Crippen molar-refractivity contribution in [3.63, 3.8) is 0 Å². The molecule has 0 atom stereocenters. The molecule has 1 aromatic carbocycles. The lowest BCUT2D eigenvalue weighted by atomic mass is 10.1. The first-order valence-electron chi connectivity index (χ1n) is 4.28. The van der Waals surface area contributed by atoms with Gasteiger partial charge in [-0.25, -0.2) is 4.79 Å². The van der Waals surface area contributed by atoms with Crippen LogP contribution in [0, 0.1) is 6.92 Å². The van der Waals surface area contributed by atoms with E-state index < -0.39 is 0 Å². The van der Waals surface area contributed by atoms with Gasteiger partial charge in [0.2, 0.25) is 0 Å². The highest BCUT2D eigenvalue weighted by Gasteiger charge is 2.07. The first-order valence-corrected chi connectivity index (χ1v) is 5.16. The number of hydrogen-bond acceptors (Lipinski definition) is 3. The van der Waals surface area contributed by atoms with Crippen LogP contribution in [0.4, 0.5) is 0 Å². The summed E-state index contributed by atoms with van der Waals surface area (Å²) in [4.78, 5) is 11.3. The fraction of sp³-hybridized carbons (Fsp3) is 0.182. The van der Waals surface area contributed by atoms with Gasteiger partial charge in [-0.1, -0.05) is 0 Å². The van der Waals surface area contributed by atoms with Gasteiger partial charge < -0.3 is 4.74 Å². The van der Waals surface area contributed by atoms with Crippen LogP contribution in [0.5, 0.6) is 0 Å². The van der Waals surface area contributed by atoms with E-state index in [1.54, 1.807) is 17.4 Å². The molecule has 0 aliphatic carbocycles. The molecule has 0 saturated heterocycles. The summed E-state index contributed by atoms with van der Waals surface area (Å²) in [6, 6.07) is 5.64. The zero-order valence-electron chi connectivity index (χ0n) is 8.03. The Morgan fingerprint density at radius 2 is 2.21 bits per heavy atom. The predicted molar refractivity (Wildman–Crippen MR) is 57.9 cm³/mol. The van der Waals surface area contributed by atoms with Gasteiger partial charge in [0, 0.05) is 4.70 Å². The van der Waals surface area contributed by atoms with Crippen molar-refractivity contribution < 1.29 is 9.53 Å². The Kier molecular flexibility index (Phi) is 2.25. The third-order valence-corrected chi connectivity index (χ3v) is 3.27. The van der Waals surface area contributed by atoms with Crippen molar-refractivity contribution in [1.82, 2.24) is 0 Å². The SMILES string of the molecule is COC(=O)c1ccc2scc(C)c2c1. The summed E-state index contributed by atoms with van der Waals surface area (Å²) in [5, 5.41) is 3.23. The molecule has 0 spiro atoms. The highest BCUT2D eigenvalue weighted by atomic mass is 32.1. The van der Waals surface area contributed by atoms with Crippen molar-refractivity contribution in [2.24, 2.45) is 0 Å². The molecule has 0 radical (unpaired) electrons. The second kappa shape index (κ2) is 3.42. The topological polar surface area (TPSA) is 26.3 Å². The van der Waals surface area contributed by atoms with E-state index in [9.17, 15) is 4.79 Å². The van der Waals surface area contributed by atoms with Crippen molar-refractivity contribution in [2.75, 3.05) is 7.11 Å². The molecule has 0 amide bonds. The van der Waals surface area contributed by atoms with E-state index >= 15 is 0 Å². The number of ether oxygens (including phenoxy) is 1. The molecular weight excluding hydrogens is 196 g/mol. The summed E-state index contributed by atoms with van der Waals surface area (Å²) in [5.41, 5.74) is 1.82. The van der Waals surface area contributed by atoms with E-state index in [2.05, 4.69) is 10.1 Å². The summed E-state index contributed by atoms with van der Waals surface area (Å²) < 4.78 is 5.87. The lowest BCUT2D eigenvalue weighted by Gasteiger charge is -1.99. The summed E-state index contributed by atoms with van der Waals surface area (Å²) in [7, 11) is 1.40. The molecule has 2 nitrogen and oxygen atoms in total. The molecule has 0 unspecified atom stereocenters. The van der Waals surface area contributed by atoms with Crippen molar-refractivity contribution >= 4 is 27.4 Å². The van der Waals surface area contributed by atoms with Crippen LogP contribution in [0.2, 0.25) is 0 Å². The second-order valence-electron chi connectivity index (χ2n) is 3.12. The van der Waals surface area contributed by atoms with Gasteiger partial charge in [-0.15, -0.1) is 11.3 Å². The predicted octanol–water partition coefficient (Wildman–Crippen LogP) is 3.00. The van der Waals surface area contributed by atoms with Crippen LogP contribution < -0.4 is 0 Å². The number of rotatable bonds is 1. The van der Waals surface area contributed by atoms with Crippen molar-refractivity contribution in [3.8, 4) is 0 Å². The molecule has 0 bridgehead atoms. The molecule has 2 aromatic rings. The Morgan fingerprint density at radius 1 is 1.43 bits per heavy atom. The van der Waals surface area contributed by atoms with Gasteiger partial charge in [0.25, 0.3) is 0 Å². The molecule has 0 aliphatic heterocycles. The summed E-state index contributed by atoms with van der Waals surface area (Å²) in [6.45, 7) is 2.04. The number of hydrogen-bond donors (Lipinski definition) is 0. The third kappa shape index (κ3) is 1.40. The number of thiophene rings is 1. The Balaban J connectivity index is 2.60. The van der Waals surface area contributed by atoms with E-state index in [1.807, 2.05) is 19.1 Å². The Morgan fingerprint density at radius 3 is 2.93 bits per heavy atom. The molecule has 0 N–H and O–H groups in total. The van der Waals surface area contributed by atoms with Crippen LogP contribution in [0.15, 0.2) is 23.6 Å². The second-order valence-corrected chi connectivity index (χ2v) is 4.03. The molecule has 72 valence electrons. The van der Waals surface area contributed by atoms with E-state index in [-0.39, 0.29) is 5.97 Å². The smallest absolute Gasteiger partial charge is 0.337 e. The highest BCUT2D eigenvalue weighted by Crippen LogP contribution is 2.26. The third-order valence-electron chi connectivity index (χ3n) is 2.19. The quantitative estimate of drug-likeness (QED) is 0.670. The highest BCUT2D eigenvalue weighted by molar-refractivity contribution is 7.17. The van der Waals surface area contributed by atoms with Gasteiger partial charge in [-0.05, 0) is 41.5 Å². The number of fused-ring (bicyclic) bond motifs is 1. The monoisotopic (exact) mass is 206 g/mol.